The lowest BCUT2D eigenvalue weighted by Crippen LogP contribution is -1.94. The van der Waals surface area contributed by atoms with Crippen molar-refractivity contribution in [2.45, 2.75) is 6.92 Å². The summed E-state index contributed by atoms with van der Waals surface area (Å²) in [4.78, 5) is 8.25. The van der Waals surface area contributed by atoms with E-state index in [2.05, 4.69) is 16.7 Å². The Morgan fingerprint density at radius 1 is 1.21 bits per heavy atom. The van der Waals surface area contributed by atoms with Gasteiger partial charge in [-0.2, -0.15) is 0 Å². The van der Waals surface area contributed by atoms with Crippen LogP contribution in [0.2, 0.25) is 0 Å². The molecule has 96 valence electrons. The van der Waals surface area contributed by atoms with Crippen LogP contribution in [0.25, 0.3) is 11.3 Å². The topological polar surface area (TPSA) is 34.5 Å². The lowest BCUT2D eigenvalue weighted by molar-refractivity contribution is 0.361. The molecule has 0 saturated carbocycles. The fourth-order valence-electron chi connectivity index (χ4n) is 1.61. The summed E-state index contributed by atoms with van der Waals surface area (Å²) in [5, 5.41) is 0. The monoisotopic (exact) mass is 252 g/mol. The van der Waals surface area contributed by atoms with Crippen LogP contribution in [0.3, 0.4) is 0 Å². The zero-order valence-electron chi connectivity index (χ0n) is 10.9. The number of benzene rings is 1. The Kier molecular flexibility index (Phi) is 4.45. The Morgan fingerprint density at radius 2 is 2.00 bits per heavy atom. The molecule has 0 aliphatic carbocycles. The van der Waals surface area contributed by atoms with Gasteiger partial charge in [0.1, 0.15) is 12.4 Å². The van der Waals surface area contributed by atoms with Crippen molar-refractivity contribution < 1.29 is 4.74 Å². The molecule has 1 heterocycles. The minimum atomic E-state index is 0.567. The van der Waals surface area contributed by atoms with Gasteiger partial charge in [0.15, 0.2) is 0 Å². The fourth-order valence-corrected chi connectivity index (χ4v) is 1.61. The van der Waals surface area contributed by atoms with Crippen LogP contribution in [0.1, 0.15) is 6.92 Å². The van der Waals surface area contributed by atoms with Gasteiger partial charge in [-0.1, -0.05) is 24.3 Å². The Balaban J connectivity index is 2.10. The van der Waals surface area contributed by atoms with Crippen LogP contribution < -0.4 is 4.74 Å². The van der Waals surface area contributed by atoms with Crippen LogP contribution in [0.4, 0.5) is 5.69 Å². The fraction of sp³-hybridized carbons (Fsp3) is 0.125. The minimum absolute atomic E-state index is 0.567. The molecule has 0 amide bonds. The molecule has 0 fully saturated rings. The number of rotatable bonds is 5. The summed E-state index contributed by atoms with van der Waals surface area (Å²) in [6.45, 7) is 6.02. The predicted molar refractivity (Wildman–Crippen MR) is 79.2 cm³/mol. The average Bonchev–Trinajstić information content (AvgIpc) is 2.48. The standard InChI is InChI=1S/C16H16N2O/c1-3-4-11-19-15-9-10-16(18-12-15)13-5-7-14(17-2)8-6-13/h3-10,12H,2,11H2,1H3/b4-3+. The molecule has 3 heteroatoms. The van der Waals surface area contributed by atoms with Crippen LogP contribution in [0.5, 0.6) is 5.75 Å². The van der Waals surface area contributed by atoms with E-state index in [9.17, 15) is 0 Å². The van der Waals surface area contributed by atoms with E-state index in [1.807, 2.05) is 55.5 Å². The van der Waals surface area contributed by atoms with Crippen LogP contribution in [-0.4, -0.2) is 18.3 Å². The van der Waals surface area contributed by atoms with E-state index < -0.39 is 0 Å². The molecular weight excluding hydrogens is 236 g/mol. The molecule has 19 heavy (non-hydrogen) atoms. The number of aliphatic imine (C=N–C) groups is 1. The summed E-state index contributed by atoms with van der Waals surface area (Å²) in [5.74, 6) is 0.770. The van der Waals surface area contributed by atoms with Gasteiger partial charge in [0.05, 0.1) is 17.6 Å². The van der Waals surface area contributed by atoms with E-state index in [4.69, 9.17) is 4.74 Å². The number of allylic oxidation sites excluding steroid dienone is 1. The normalized spacial score (nSPS) is 10.6. The molecule has 0 N–H and O–H groups in total. The first-order chi connectivity index (χ1) is 9.33. The lowest BCUT2D eigenvalue weighted by Gasteiger charge is -2.05. The molecular formula is C16H16N2O. The van der Waals surface area contributed by atoms with Crippen LogP contribution in [0.15, 0.2) is 59.7 Å². The second-order valence-corrected chi connectivity index (χ2v) is 3.96. The molecule has 2 aromatic rings. The smallest absolute Gasteiger partial charge is 0.138 e. The molecule has 1 aromatic heterocycles. The van der Waals surface area contributed by atoms with E-state index in [0.717, 1.165) is 22.7 Å². The van der Waals surface area contributed by atoms with Crippen molar-refractivity contribution in [3.63, 3.8) is 0 Å². The number of hydrogen-bond donors (Lipinski definition) is 0. The van der Waals surface area contributed by atoms with Gasteiger partial charge in [0.25, 0.3) is 0 Å². The number of aromatic nitrogens is 1. The minimum Gasteiger partial charge on any atom is -0.488 e. The maximum absolute atomic E-state index is 5.50. The van der Waals surface area contributed by atoms with Crippen LogP contribution >= 0.6 is 0 Å². The summed E-state index contributed by atoms with van der Waals surface area (Å²) < 4.78 is 5.50. The Labute approximate surface area is 113 Å². The van der Waals surface area contributed by atoms with E-state index in [1.165, 1.54) is 0 Å². The van der Waals surface area contributed by atoms with Crippen molar-refractivity contribution in [2.75, 3.05) is 6.61 Å². The number of pyridine rings is 1. The zero-order chi connectivity index (χ0) is 13.5. The van der Waals surface area contributed by atoms with Gasteiger partial charge >= 0.3 is 0 Å². The van der Waals surface area contributed by atoms with E-state index in [1.54, 1.807) is 6.20 Å². The highest BCUT2D eigenvalue weighted by molar-refractivity contribution is 5.62. The molecule has 0 spiro atoms. The van der Waals surface area contributed by atoms with Crippen molar-refractivity contribution in [3.8, 4) is 17.0 Å². The van der Waals surface area contributed by atoms with Gasteiger partial charge in [-0.15, -0.1) is 0 Å². The van der Waals surface area contributed by atoms with Gasteiger partial charge in [-0.05, 0) is 37.9 Å². The molecule has 0 unspecified atom stereocenters. The average molecular weight is 252 g/mol. The number of nitrogens with zero attached hydrogens (tertiary/aromatic N) is 2. The summed E-state index contributed by atoms with van der Waals surface area (Å²) in [6, 6.07) is 11.7. The van der Waals surface area contributed by atoms with Gasteiger partial charge in [-0.25, -0.2) is 0 Å². The summed E-state index contributed by atoms with van der Waals surface area (Å²) in [6.07, 6.45) is 5.64. The van der Waals surface area contributed by atoms with Crippen molar-refractivity contribution in [1.82, 2.24) is 4.98 Å². The summed E-state index contributed by atoms with van der Waals surface area (Å²) in [7, 11) is 0. The van der Waals surface area contributed by atoms with Gasteiger partial charge in [0, 0.05) is 5.56 Å². The Hall–Kier alpha value is -2.42. The molecule has 3 nitrogen and oxygen atoms in total. The number of ether oxygens (including phenoxy) is 1. The van der Waals surface area contributed by atoms with Gasteiger partial charge in [0.2, 0.25) is 0 Å². The third kappa shape index (κ3) is 3.52. The highest BCUT2D eigenvalue weighted by atomic mass is 16.5. The van der Waals surface area contributed by atoms with Gasteiger partial charge in [-0.3, -0.25) is 9.98 Å². The van der Waals surface area contributed by atoms with E-state index in [-0.39, 0.29) is 0 Å². The molecule has 1 aromatic carbocycles. The quantitative estimate of drug-likeness (QED) is 0.594. The molecule has 2 rings (SSSR count). The molecule has 0 radical (unpaired) electrons. The van der Waals surface area contributed by atoms with Crippen LogP contribution in [0, 0.1) is 0 Å². The summed E-state index contributed by atoms with van der Waals surface area (Å²) in [5.41, 5.74) is 2.82. The largest absolute Gasteiger partial charge is 0.488 e. The molecule has 0 bridgehead atoms. The van der Waals surface area contributed by atoms with E-state index >= 15 is 0 Å². The third-order valence-electron chi connectivity index (χ3n) is 2.66. The highest BCUT2D eigenvalue weighted by Crippen LogP contribution is 2.22. The maximum Gasteiger partial charge on any atom is 0.138 e. The van der Waals surface area contributed by atoms with Crippen molar-refractivity contribution in [1.29, 1.82) is 0 Å². The Bertz CT molecular complexity index is 556. The number of hydrogen-bond acceptors (Lipinski definition) is 3. The summed E-state index contributed by atoms with van der Waals surface area (Å²) >= 11 is 0. The molecule has 0 atom stereocenters. The van der Waals surface area contributed by atoms with E-state index in [0.29, 0.717) is 6.61 Å². The van der Waals surface area contributed by atoms with Crippen LogP contribution in [-0.2, 0) is 0 Å². The lowest BCUT2D eigenvalue weighted by atomic mass is 10.1. The second kappa shape index (κ2) is 6.50. The van der Waals surface area contributed by atoms with Gasteiger partial charge < -0.3 is 4.74 Å². The highest BCUT2D eigenvalue weighted by Gasteiger charge is 2.00. The first-order valence-corrected chi connectivity index (χ1v) is 6.10. The predicted octanol–water partition coefficient (Wildman–Crippen LogP) is 4.04. The van der Waals surface area contributed by atoms with Crippen molar-refractivity contribution in [2.24, 2.45) is 4.99 Å². The second-order valence-electron chi connectivity index (χ2n) is 3.96. The zero-order valence-corrected chi connectivity index (χ0v) is 10.9. The Morgan fingerprint density at radius 3 is 2.58 bits per heavy atom. The maximum atomic E-state index is 5.50. The first kappa shape index (κ1) is 13.0. The molecule has 0 aliphatic heterocycles. The molecule has 0 aliphatic rings. The first-order valence-electron chi connectivity index (χ1n) is 6.10. The third-order valence-corrected chi connectivity index (χ3v) is 2.66. The SMILES string of the molecule is C=Nc1ccc(-c2ccc(OC/C=C/C)cn2)cc1. The van der Waals surface area contributed by atoms with Crippen molar-refractivity contribution >= 4 is 12.4 Å². The van der Waals surface area contributed by atoms with Crippen molar-refractivity contribution in [3.05, 3.63) is 54.7 Å². The molecule has 0 saturated heterocycles.